The lowest BCUT2D eigenvalue weighted by molar-refractivity contribution is 0.545. The topological polar surface area (TPSA) is 104 Å². The van der Waals surface area contributed by atoms with Crippen LogP contribution in [0.5, 0.6) is 0 Å². The van der Waals surface area contributed by atoms with Gasteiger partial charge in [0.1, 0.15) is 23.4 Å². The molecular weight excluding hydrogens is 503 g/mol. The Labute approximate surface area is 213 Å². The minimum absolute atomic E-state index is 0.297. The zero-order valence-corrected chi connectivity index (χ0v) is 21.6. The van der Waals surface area contributed by atoms with Crippen LogP contribution in [0.15, 0.2) is 36.9 Å². The van der Waals surface area contributed by atoms with Crippen LogP contribution in [0, 0.1) is 19.7 Å². The average Bonchev–Trinajstić information content (AvgIpc) is 3.57. The second-order valence-electron chi connectivity index (χ2n) is 9.25. The summed E-state index contributed by atoms with van der Waals surface area (Å²) in [6.07, 6.45) is 9.98. The van der Waals surface area contributed by atoms with Gasteiger partial charge in [0.15, 0.2) is 15.5 Å². The molecule has 8 nitrogen and oxygen atoms in total. The SMILES string of the molecule is Cc1nc2ncnc(-c3ccc(Cl)cc3F)c2nc1C.O=S1(=O)CCCCC1c1cnn(C2CC2)c1. The van der Waals surface area contributed by atoms with Gasteiger partial charge in [0.05, 0.1) is 34.6 Å². The van der Waals surface area contributed by atoms with Gasteiger partial charge in [-0.25, -0.2) is 32.7 Å². The minimum atomic E-state index is -2.92. The van der Waals surface area contributed by atoms with Gasteiger partial charge in [0.2, 0.25) is 0 Å². The van der Waals surface area contributed by atoms with Gasteiger partial charge in [0, 0.05) is 22.3 Å². The number of rotatable bonds is 3. The molecule has 0 spiro atoms. The van der Waals surface area contributed by atoms with Gasteiger partial charge in [-0.15, -0.1) is 0 Å². The number of fused-ring (bicyclic) bond motifs is 1. The van der Waals surface area contributed by atoms with Gasteiger partial charge in [-0.2, -0.15) is 5.10 Å². The fourth-order valence-electron chi connectivity index (χ4n) is 4.31. The summed E-state index contributed by atoms with van der Waals surface area (Å²) in [6.45, 7) is 3.70. The molecule has 0 radical (unpaired) electrons. The van der Waals surface area contributed by atoms with Crippen molar-refractivity contribution in [3.05, 3.63) is 64.7 Å². The molecule has 2 fully saturated rings. The highest BCUT2D eigenvalue weighted by atomic mass is 35.5. The summed E-state index contributed by atoms with van der Waals surface area (Å²) in [5.74, 6) is -0.107. The molecule has 1 unspecified atom stereocenters. The lowest BCUT2D eigenvalue weighted by Crippen LogP contribution is -2.21. The maximum absolute atomic E-state index is 14.1. The fourth-order valence-corrected chi connectivity index (χ4v) is 6.42. The van der Waals surface area contributed by atoms with E-state index in [1.165, 1.54) is 25.2 Å². The second-order valence-corrected chi connectivity index (χ2v) is 12.0. The Bertz CT molecular complexity index is 1540. The molecule has 1 saturated carbocycles. The summed E-state index contributed by atoms with van der Waals surface area (Å²) in [5, 5.41) is 4.31. The second kappa shape index (κ2) is 9.82. The van der Waals surface area contributed by atoms with Crippen LogP contribution < -0.4 is 0 Å². The quantitative estimate of drug-likeness (QED) is 0.353. The van der Waals surface area contributed by atoms with Crippen LogP contribution in [0.1, 0.15) is 60.3 Å². The van der Waals surface area contributed by atoms with Crippen LogP contribution >= 0.6 is 11.6 Å². The Hall–Kier alpha value is -2.98. The number of aromatic nitrogens is 6. The van der Waals surface area contributed by atoms with Crippen molar-refractivity contribution in [2.45, 2.75) is 57.2 Å². The van der Waals surface area contributed by atoms with E-state index in [2.05, 4.69) is 25.0 Å². The molecule has 1 aliphatic heterocycles. The van der Waals surface area contributed by atoms with Crippen molar-refractivity contribution in [2.24, 2.45) is 0 Å². The highest BCUT2D eigenvalue weighted by molar-refractivity contribution is 7.91. The summed E-state index contributed by atoms with van der Waals surface area (Å²) in [5.41, 5.74) is 4.14. The van der Waals surface area contributed by atoms with Crippen molar-refractivity contribution >= 4 is 32.6 Å². The zero-order valence-electron chi connectivity index (χ0n) is 20.0. The summed E-state index contributed by atoms with van der Waals surface area (Å²) in [6, 6.07) is 4.97. The molecule has 0 amide bonds. The first-order valence-corrected chi connectivity index (χ1v) is 14.0. The third-order valence-corrected chi connectivity index (χ3v) is 9.03. The van der Waals surface area contributed by atoms with Crippen molar-refractivity contribution in [3.63, 3.8) is 0 Å². The predicted molar refractivity (Wildman–Crippen MR) is 136 cm³/mol. The Kier molecular flexibility index (Phi) is 6.74. The normalized spacial score (nSPS) is 19.1. The molecule has 1 aromatic carbocycles. The fraction of sp³-hybridized carbons (Fsp3) is 0.400. The molecule has 11 heteroatoms. The molecule has 6 rings (SSSR count). The van der Waals surface area contributed by atoms with Crippen LogP contribution in [-0.4, -0.2) is 43.9 Å². The first-order chi connectivity index (χ1) is 17.2. The summed E-state index contributed by atoms with van der Waals surface area (Å²) in [7, 11) is -2.92. The number of sulfone groups is 1. The molecular formula is C25H26ClFN6O2S. The molecule has 3 aromatic heterocycles. The van der Waals surface area contributed by atoms with Crippen molar-refractivity contribution in [1.29, 1.82) is 0 Å². The molecule has 4 heterocycles. The van der Waals surface area contributed by atoms with Crippen molar-refractivity contribution < 1.29 is 12.8 Å². The van der Waals surface area contributed by atoms with E-state index in [1.807, 2.05) is 24.7 Å². The van der Waals surface area contributed by atoms with E-state index in [0.29, 0.717) is 39.2 Å². The van der Waals surface area contributed by atoms with E-state index in [4.69, 9.17) is 11.6 Å². The number of halogens is 2. The Morgan fingerprint density at radius 3 is 2.56 bits per heavy atom. The largest absolute Gasteiger partial charge is 0.269 e. The maximum atomic E-state index is 14.1. The first-order valence-electron chi connectivity index (χ1n) is 11.9. The molecule has 1 atom stereocenters. The van der Waals surface area contributed by atoms with E-state index < -0.39 is 15.7 Å². The van der Waals surface area contributed by atoms with Crippen LogP contribution in [0.25, 0.3) is 22.4 Å². The van der Waals surface area contributed by atoms with Crippen molar-refractivity contribution in [2.75, 3.05) is 5.75 Å². The summed E-state index contributed by atoms with van der Waals surface area (Å²) >= 11 is 5.77. The summed E-state index contributed by atoms with van der Waals surface area (Å²) in [4.78, 5) is 17.0. The zero-order chi connectivity index (χ0) is 25.4. The predicted octanol–water partition coefficient (Wildman–Crippen LogP) is 5.35. The highest BCUT2D eigenvalue weighted by Gasteiger charge is 2.32. The lowest BCUT2D eigenvalue weighted by atomic mass is 10.1. The smallest absolute Gasteiger partial charge is 0.182 e. The highest BCUT2D eigenvalue weighted by Crippen LogP contribution is 2.37. The Morgan fingerprint density at radius 1 is 1.06 bits per heavy atom. The van der Waals surface area contributed by atoms with E-state index in [9.17, 15) is 12.8 Å². The molecule has 4 aromatic rings. The lowest BCUT2D eigenvalue weighted by Gasteiger charge is -2.20. The Balaban J connectivity index is 0.000000152. The minimum Gasteiger partial charge on any atom is -0.269 e. The first kappa shape index (κ1) is 24.7. The van der Waals surface area contributed by atoms with Gasteiger partial charge in [-0.1, -0.05) is 18.0 Å². The van der Waals surface area contributed by atoms with Crippen molar-refractivity contribution in [1.82, 2.24) is 29.7 Å². The van der Waals surface area contributed by atoms with Gasteiger partial charge < -0.3 is 0 Å². The molecule has 36 heavy (non-hydrogen) atoms. The van der Waals surface area contributed by atoms with E-state index in [1.54, 1.807) is 18.3 Å². The van der Waals surface area contributed by atoms with Gasteiger partial charge in [0.25, 0.3) is 0 Å². The van der Waals surface area contributed by atoms with Gasteiger partial charge in [-0.3, -0.25) is 4.68 Å². The summed E-state index contributed by atoms with van der Waals surface area (Å²) < 4.78 is 39.9. The van der Waals surface area contributed by atoms with E-state index in [0.717, 1.165) is 36.2 Å². The number of hydrogen-bond donors (Lipinski definition) is 0. The molecule has 1 aliphatic carbocycles. The standard InChI is InChI=1S/C14H10ClFN4.C11H16N2O2S/c1-7-8(2)20-14-13(19-7)12(17-6-18-14)10-4-3-9(15)5-11(10)16;14-16(15)6-2-1-3-11(16)9-7-12-13(8-9)10-4-5-10/h3-6H,1-2H3;7-8,10-11H,1-6H2. The van der Waals surface area contributed by atoms with E-state index in [-0.39, 0.29) is 5.25 Å². The molecule has 2 aliphatic rings. The van der Waals surface area contributed by atoms with Crippen molar-refractivity contribution in [3.8, 4) is 11.3 Å². The maximum Gasteiger partial charge on any atom is 0.182 e. The third-order valence-electron chi connectivity index (χ3n) is 6.56. The monoisotopic (exact) mass is 528 g/mol. The Morgan fingerprint density at radius 2 is 1.83 bits per heavy atom. The van der Waals surface area contributed by atoms with Crippen LogP contribution in [-0.2, 0) is 9.84 Å². The molecule has 1 saturated heterocycles. The number of aryl methyl sites for hydroxylation is 2. The number of hydrogen-bond acceptors (Lipinski definition) is 7. The van der Waals surface area contributed by atoms with Gasteiger partial charge in [-0.05, 0) is 57.7 Å². The molecule has 0 N–H and O–H groups in total. The number of benzene rings is 1. The van der Waals surface area contributed by atoms with Gasteiger partial charge >= 0.3 is 0 Å². The molecule has 188 valence electrons. The average molecular weight is 529 g/mol. The van der Waals surface area contributed by atoms with E-state index >= 15 is 0 Å². The molecule has 0 bridgehead atoms. The van der Waals surface area contributed by atoms with Crippen LogP contribution in [0.4, 0.5) is 4.39 Å². The number of nitrogens with zero attached hydrogens (tertiary/aromatic N) is 6. The van der Waals surface area contributed by atoms with Crippen LogP contribution in [0.2, 0.25) is 5.02 Å². The van der Waals surface area contributed by atoms with Crippen LogP contribution in [0.3, 0.4) is 0 Å². The third kappa shape index (κ3) is 5.10.